The van der Waals surface area contributed by atoms with Gasteiger partial charge in [0.05, 0.1) is 24.1 Å². The zero-order valence-electron chi connectivity index (χ0n) is 16.4. The Morgan fingerprint density at radius 3 is 2.76 bits per heavy atom. The monoisotopic (exact) mass is 398 g/mol. The Bertz CT molecular complexity index is 992. The molecule has 0 amide bonds. The zero-order chi connectivity index (χ0) is 20.2. The van der Waals surface area contributed by atoms with E-state index in [1.807, 2.05) is 17.9 Å². The number of anilines is 1. The molecule has 2 fully saturated rings. The molecule has 1 aliphatic carbocycles. The van der Waals surface area contributed by atoms with Crippen LogP contribution >= 0.6 is 0 Å². The fourth-order valence-corrected chi connectivity index (χ4v) is 3.86. The van der Waals surface area contributed by atoms with Gasteiger partial charge in [-0.2, -0.15) is 0 Å². The van der Waals surface area contributed by atoms with Crippen molar-refractivity contribution in [2.24, 2.45) is 4.99 Å². The lowest BCUT2D eigenvalue weighted by molar-refractivity contribution is 0.0217. The second kappa shape index (κ2) is 6.74. The van der Waals surface area contributed by atoms with Gasteiger partial charge in [-0.3, -0.25) is 4.99 Å². The fourth-order valence-electron chi connectivity index (χ4n) is 3.86. The molecule has 1 aromatic heterocycles. The van der Waals surface area contributed by atoms with Gasteiger partial charge in [0.1, 0.15) is 23.9 Å². The van der Waals surface area contributed by atoms with Crippen molar-refractivity contribution in [1.82, 2.24) is 9.97 Å². The van der Waals surface area contributed by atoms with Gasteiger partial charge >= 0.3 is 0 Å². The molecule has 1 saturated carbocycles. The topological polar surface area (TPSA) is 80.1 Å². The number of β-amino-alcohol motifs (C(OH)–C–C–N with tert-alkyl or cyclic N) is 1. The molecule has 0 unspecified atom stereocenters. The number of halogens is 1. The van der Waals surface area contributed by atoms with E-state index in [0.29, 0.717) is 36.9 Å². The van der Waals surface area contributed by atoms with Crippen molar-refractivity contribution in [2.75, 3.05) is 25.1 Å². The standard InChI is InChI=1S/C21H23FN4O3/c1-21(3-4-21)29-17-6-13-12(5-14(17)22)8-23-20(13)15-7-19(25-11-24-15)26-9-16(27)18(10-26)28-2/h5-7,11,16,18,27H,3-4,8-10H2,1-2H3/t16-,18-/m0/s1. The summed E-state index contributed by atoms with van der Waals surface area (Å²) in [6, 6.07) is 5.10. The molecule has 29 heavy (non-hydrogen) atoms. The van der Waals surface area contributed by atoms with Crippen LogP contribution < -0.4 is 9.64 Å². The molecule has 2 aliphatic heterocycles. The Balaban J connectivity index is 1.44. The SMILES string of the molecule is CO[C@H]1CN(c2cc(C3=NCc4cc(F)c(OC5(C)CC5)cc43)ncn2)C[C@@H]1O. The van der Waals surface area contributed by atoms with Crippen LogP contribution in [-0.2, 0) is 11.3 Å². The van der Waals surface area contributed by atoms with Crippen LogP contribution in [0.2, 0.25) is 0 Å². The van der Waals surface area contributed by atoms with E-state index in [1.54, 1.807) is 13.2 Å². The number of rotatable bonds is 5. The van der Waals surface area contributed by atoms with E-state index in [9.17, 15) is 9.50 Å². The molecular formula is C21H23FN4O3. The molecule has 3 heterocycles. The van der Waals surface area contributed by atoms with E-state index >= 15 is 0 Å². The maximum absolute atomic E-state index is 14.5. The minimum atomic E-state index is -0.561. The van der Waals surface area contributed by atoms with Crippen LogP contribution in [0.4, 0.5) is 10.2 Å². The number of methoxy groups -OCH3 is 1. The van der Waals surface area contributed by atoms with Crippen LogP contribution in [0, 0.1) is 5.82 Å². The summed E-state index contributed by atoms with van der Waals surface area (Å²) in [5, 5.41) is 10.1. The molecule has 1 saturated heterocycles. The third-order valence-electron chi connectivity index (χ3n) is 5.89. The predicted octanol–water partition coefficient (Wildman–Crippen LogP) is 2.09. The number of aliphatic imine (C=N–C) groups is 1. The molecular weight excluding hydrogens is 375 g/mol. The van der Waals surface area contributed by atoms with Crippen LogP contribution in [0.15, 0.2) is 29.5 Å². The number of benzene rings is 1. The maximum atomic E-state index is 14.5. The highest BCUT2D eigenvalue weighted by molar-refractivity contribution is 6.14. The number of aliphatic hydroxyl groups excluding tert-OH is 1. The average Bonchev–Trinajstić information content (AvgIpc) is 3.12. The highest BCUT2D eigenvalue weighted by atomic mass is 19.1. The second-order valence-electron chi connectivity index (χ2n) is 8.16. The first-order valence-electron chi connectivity index (χ1n) is 9.80. The Morgan fingerprint density at radius 2 is 2.03 bits per heavy atom. The molecule has 152 valence electrons. The van der Waals surface area contributed by atoms with Crippen molar-refractivity contribution in [3.05, 3.63) is 47.2 Å². The number of nitrogens with zero attached hydrogens (tertiary/aromatic N) is 4. The van der Waals surface area contributed by atoms with Gasteiger partial charge in [0.15, 0.2) is 11.6 Å². The van der Waals surface area contributed by atoms with Crippen molar-refractivity contribution in [2.45, 2.75) is 44.1 Å². The van der Waals surface area contributed by atoms with Crippen LogP contribution in [-0.4, -0.2) is 58.8 Å². The molecule has 7 nitrogen and oxygen atoms in total. The molecule has 0 bridgehead atoms. The van der Waals surface area contributed by atoms with Gasteiger partial charge in [0, 0.05) is 31.8 Å². The fraction of sp³-hybridized carbons (Fsp3) is 0.476. The Kier molecular flexibility index (Phi) is 4.29. The first-order valence-corrected chi connectivity index (χ1v) is 9.80. The average molecular weight is 398 g/mol. The smallest absolute Gasteiger partial charge is 0.165 e. The molecule has 1 N–H and O–H groups in total. The summed E-state index contributed by atoms with van der Waals surface area (Å²) in [6.07, 6.45) is 2.55. The lowest BCUT2D eigenvalue weighted by Crippen LogP contribution is -2.25. The predicted molar refractivity (Wildman–Crippen MR) is 105 cm³/mol. The Hall–Kier alpha value is -2.58. The van der Waals surface area contributed by atoms with Crippen molar-refractivity contribution < 1.29 is 19.0 Å². The summed E-state index contributed by atoms with van der Waals surface area (Å²) in [7, 11) is 1.59. The Morgan fingerprint density at radius 1 is 1.21 bits per heavy atom. The van der Waals surface area contributed by atoms with Crippen molar-refractivity contribution >= 4 is 11.5 Å². The zero-order valence-corrected chi connectivity index (χ0v) is 16.4. The molecule has 3 aliphatic rings. The van der Waals surface area contributed by atoms with Gasteiger partial charge in [0.2, 0.25) is 0 Å². The minimum Gasteiger partial charge on any atom is -0.484 e. The molecule has 2 aromatic rings. The summed E-state index contributed by atoms with van der Waals surface area (Å²) in [4.78, 5) is 15.3. The maximum Gasteiger partial charge on any atom is 0.165 e. The number of ether oxygens (including phenoxy) is 2. The molecule has 0 spiro atoms. The summed E-state index contributed by atoms with van der Waals surface area (Å²) in [5.74, 6) is 0.612. The molecule has 8 heteroatoms. The third kappa shape index (κ3) is 3.36. The highest BCUT2D eigenvalue weighted by Gasteiger charge is 2.41. The normalized spacial score (nSPS) is 24.4. The molecule has 1 aromatic carbocycles. The molecule has 0 radical (unpaired) electrons. The van der Waals surface area contributed by atoms with Crippen LogP contribution in [0.3, 0.4) is 0 Å². The summed E-state index contributed by atoms with van der Waals surface area (Å²) in [6.45, 7) is 3.40. The van der Waals surface area contributed by atoms with Gasteiger partial charge < -0.3 is 19.5 Å². The van der Waals surface area contributed by atoms with Crippen LogP contribution in [0.25, 0.3) is 0 Å². The van der Waals surface area contributed by atoms with Gasteiger partial charge in [-0.05, 0) is 37.5 Å². The van der Waals surface area contributed by atoms with E-state index in [2.05, 4.69) is 15.0 Å². The van der Waals surface area contributed by atoms with Crippen molar-refractivity contribution in [3.63, 3.8) is 0 Å². The number of aliphatic hydroxyl groups is 1. The second-order valence-corrected chi connectivity index (χ2v) is 8.16. The lowest BCUT2D eigenvalue weighted by Gasteiger charge is -2.17. The summed E-state index contributed by atoms with van der Waals surface area (Å²) < 4.78 is 25.7. The summed E-state index contributed by atoms with van der Waals surface area (Å²) in [5.41, 5.74) is 2.77. The van der Waals surface area contributed by atoms with Gasteiger partial charge in [0.25, 0.3) is 0 Å². The minimum absolute atomic E-state index is 0.246. The first kappa shape index (κ1) is 18.4. The number of aromatic nitrogens is 2. The third-order valence-corrected chi connectivity index (χ3v) is 5.89. The molecule has 2 atom stereocenters. The lowest BCUT2D eigenvalue weighted by atomic mass is 10.0. The van der Waals surface area contributed by atoms with E-state index in [-0.39, 0.29) is 23.3 Å². The number of hydrogen-bond acceptors (Lipinski definition) is 7. The quantitative estimate of drug-likeness (QED) is 0.831. The molecule has 5 rings (SSSR count). The van der Waals surface area contributed by atoms with Crippen molar-refractivity contribution in [1.29, 1.82) is 0 Å². The number of hydrogen-bond donors (Lipinski definition) is 1. The van der Waals surface area contributed by atoms with E-state index in [0.717, 1.165) is 24.0 Å². The van der Waals surface area contributed by atoms with E-state index < -0.39 is 6.10 Å². The largest absolute Gasteiger partial charge is 0.484 e. The van der Waals surface area contributed by atoms with Crippen LogP contribution in [0.5, 0.6) is 5.75 Å². The Labute approximate surface area is 168 Å². The highest BCUT2D eigenvalue weighted by Crippen LogP contribution is 2.41. The van der Waals surface area contributed by atoms with Gasteiger partial charge in [-0.15, -0.1) is 0 Å². The van der Waals surface area contributed by atoms with Gasteiger partial charge in [-0.25, -0.2) is 14.4 Å². The number of fused-ring (bicyclic) bond motifs is 1. The van der Waals surface area contributed by atoms with Gasteiger partial charge in [-0.1, -0.05) is 0 Å². The van der Waals surface area contributed by atoms with E-state index in [4.69, 9.17) is 9.47 Å². The van der Waals surface area contributed by atoms with Crippen molar-refractivity contribution in [3.8, 4) is 5.75 Å². The summed E-state index contributed by atoms with van der Waals surface area (Å²) >= 11 is 0. The van der Waals surface area contributed by atoms with E-state index in [1.165, 1.54) is 12.4 Å². The van der Waals surface area contributed by atoms with Crippen LogP contribution in [0.1, 0.15) is 36.6 Å². The first-order chi connectivity index (χ1) is 14.0.